The minimum atomic E-state index is -0.704. The smallest absolute Gasteiger partial charge is 0.255 e. The third-order valence-electron chi connectivity index (χ3n) is 5.48. The van der Waals surface area contributed by atoms with Crippen molar-refractivity contribution in [3.8, 4) is 11.3 Å². The molecule has 3 aromatic rings. The second-order valence-corrected chi connectivity index (χ2v) is 9.12. The van der Waals surface area contributed by atoms with Crippen molar-refractivity contribution < 1.29 is 14.0 Å². The van der Waals surface area contributed by atoms with Crippen LogP contribution in [0.5, 0.6) is 0 Å². The zero-order chi connectivity index (χ0) is 22.4. The fourth-order valence-corrected chi connectivity index (χ4v) is 4.74. The highest BCUT2D eigenvalue weighted by Gasteiger charge is 2.47. The Morgan fingerprint density at radius 3 is 2.59 bits per heavy atom. The number of halogens is 1. The lowest BCUT2D eigenvalue weighted by molar-refractivity contribution is -0.130. The lowest BCUT2D eigenvalue weighted by Gasteiger charge is -2.47. The second-order valence-electron chi connectivity index (χ2n) is 7.41. The zero-order valence-corrected chi connectivity index (χ0v) is 19.7. The Morgan fingerprint density at radius 1 is 1.12 bits per heavy atom. The van der Waals surface area contributed by atoms with E-state index in [9.17, 15) is 9.59 Å². The van der Waals surface area contributed by atoms with Crippen molar-refractivity contribution >= 4 is 50.4 Å². The first-order valence-corrected chi connectivity index (χ1v) is 12.0. The molecule has 7 nitrogen and oxygen atoms in total. The minimum absolute atomic E-state index is 0.172. The SMILES string of the molecule is CSC1=NN2[C@H](C(=O)N1)c1ccccc1N(C(C)=O)[C@@H]2c1ccc(-c2ccc(Br)cc2)o1. The number of nitrogens with zero attached hydrogens (tertiary/aromatic N) is 3. The molecular formula is C23H19BrN4O3S. The Kier molecular flexibility index (Phi) is 5.30. The molecular weight excluding hydrogens is 492 g/mol. The summed E-state index contributed by atoms with van der Waals surface area (Å²) in [6.45, 7) is 1.51. The van der Waals surface area contributed by atoms with Crippen LogP contribution in [0.3, 0.4) is 0 Å². The Bertz CT molecular complexity index is 1240. The molecule has 0 bridgehead atoms. The number of anilines is 1. The number of thioether (sulfide) groups is 1. The zero-order valence-electron chi connectivity index (χ0n) is 17.3. The summed E-state index contributed by atoms with van der Waals surface area (Å²) in [4.78, 5) is 27.6. The third kappa shape index (κ3) is 3.41. The number of hydrogen-bond donors (Lipinski definition) is 1. The Labute approximate surface area is 197 Å². The minimum Gasteiger partial charge on any atom is -0.457 e. The van der Waals surface area contributed by atoms with Crippen molar-refractivity contribution in [3.63, 3.8) is 0 Å². The lowest BCUT2D eigenvalue weighted by atomic mass is 9.97. The quantitative estimate of drug-likeness (QED) is 0.531. The van der Waals surface area contributed by atoms with E-state index in [4.69, 9.17) is 4.42 Å². The summed E-state index contributed by atoms with van der Waals surface area (Å²) in [5, 5.41) is 9.67. The summed E-state index contributed by atoms with van der Waals surface area (Å²) in [6.07, 6.45) is 1.14. The van der Waals surface area contributed by atoms with Gasteiger partial charge in [0.15, 0.2) is 17.4 Å². The van der Waals surface area contributed by atoms with Crippen LogP contribution in [-0.2, 0) is 9.59 Å². The molecule has 0 radical (unpaired) electrons. The first-order valence-electron chi connectivity index (χ1n) is 9.94. The molecule has 0 fully saturated rings. The van der Waals surface area contributed by atoms with Crippen molar-refractivity contribution in [1.29, 1.82) is 0 Å². The molecule has 2 atom stereocenters. The normalized spacial score (nSPS) is 19.7. The average molecular weight is 511 g/mol. The molecule has 2 amide bonds. The number of carbonyl (C=O) groups excluding carboxylic acids is 2. The largest absolute Gasteiger partial charge is 0.457 e. The standard InChI is InChI=1S/C23H19BrN4O3S/c1-13(29)27-17-6-4-3-5-16(17)20-21(30)25-23(32-2)26-28(20)22(27)19-12-11-18(31-19)14-7-9-15(24)10-8-14/h3-12,20,22H,1-2H3,(H,25,26,30)/t20-,22-/m0/s1. The van der Waals surface area contributed by atoms with Gasteiger partial charge in [0.25, 0.3) is 5.91 Å². The van der Waals surface area contributed by atoms with Gasteiger partial charge < -0.3 is 9.73 Å². The van der Waals surface area contributed by atoms with E-state index in [1.54, 1.807) is 9.91 Å². The first-order chi connectivity index (χ1) is 15.5. The van der Waals surface area contributed by atoms with E-state index in [-0.39, 0.29) is 11.8 Å². The van der Waals surface area contributed by atoms with Crippen LogP contribution in [0.2, 0.25) is 0 Å². The van der Waals surface area contributed by atoms with Gasteiger partial charge in [0.1, 0.15) is 11.5 Å². The van der Waals surface area contributed by atoms with Crippen LogP contribution in [0.25, 0.3) is 11.3 Å². The topological polar surface area (TPSA) is 78.2 Å². The summed E-state index contributed by atoms with van der Waals surface area (Å²) in [5.41, 5.74) is 2.30. The van der Waals surface area contributed by atoms with E-state index in [1.807, 2.05) is 66.9 Å². The number of hydrazone groups is 1. The average Bonchev–Trinajstić information content (AvgIpc) is 3.27. The summed E-state index contributed by atoms with van der Waals surface area (Å²) >= 11 is 4.78. The molecule has 0 saturated carbocycles. The van der Waals surface area contributed by atoms with Crippen molar-refractivity contribution in [2.75, 3.05) is 11.2 Å². The lowest BCUT2D eigenvalue weighted by Crippen LogP contribution is -2.55. The van der Waals surface area contributed by atoms with Crippen molar-refractivity contribution in [2.24, 2.45) is 5.10 Å². The maximum Gasteiger partial charge on any atom is 0.255 e. The van der Waals surface area contributed by atoms with Gasteiger partial charge in [-0.3, -0.25) is 14.5 Å². The summed E-state index contributed by atoms with van der Waals surface area (Å²) in [6, 6.07) is 18.2. The number of benzene rings is 2. The fourth-order valence-electron chi connectivity index (χ4n) is 4.10. The molecule has 1 aromatic heterocycles. The number of para-hydroxylation sites is 1. The summed E-state index contributed by atoms with van der Waals surface area (Å²) in [5.74, 6) is 0.831. The van der Waals surface area contributed by atoms with Crippen LogP contribution in [0, 0.1) is 0 Å². The number of furan rings is 1. The molecule has 2 aliphatic heterocycles. The number of hydrogen-bond acceptors (Lipinski definition) is 6. The van der Waals surface area contributed by atoms with Crippen LogP contribution >= 0.6 is 27.7 Å². The number of amides is 2. The van der Waals surface area contributed by atoms with E-state index in [0.717, 1.165) is 15.6 Å². The van der Waals surface area contributed by atoms with Crippen molar-refractivity contribution in [3.05, 3.63) is 76.5 Å². The monoisotopic (exact) mass is 510 g/mol. The number of rotatable bonds is 2. The molecule has 162 valence electrons. The van der Waals surface area contributed by atoms with Crippen LogP contribution in [0.15, 0.2) is 74.7 Å². The van der Waals surface area contributed by atoms with Crippen molar-refractivity contribution in [2.45, 2.75) is 19.1 Å². The predicted molar refractivity (Wildman–Crippen MR) is 128 cm³/mol. The number of amidine groups is 1. The molecule has 2 aromatic carbocycles. The van der Waals surface area contributed by atoms with E-state index in [2.05, 4.69) is 26.3 Å². The van der Waals surface area contributed by atoms with Crippen LogP contribution in [0.1, 0.15) is 30.5 Å². The third-order valence-corrected chi connectivity index (χ3v) is 6.58. The van der Waals surface area contributed by atoms with Gasteiger partial charge in [-0.2, -0.15) is 0 Å². The van der Waals surface area contributed by atoms with Gasteiger partial charge in [0.2, 0.25) is 5.91 Å². The highest BCUT2D eigenvalue weighted by Crippen LogP contribution is 2.47. The molecule has 0 saturated heterocycles. The molecule has 0 unspecified atom stereocenters. The Hall–Kier alpha value is -3.04. The molecule has 3 heterocycles. The second kappa shape index (κ2) is 8.14. The van der Waals surface area contributed by atoms with Gasteiger partial charge in [-0.1, -0.05) is 58.0 Å². The Balaban J connectivity index is 1.67. The molecule has 5 rings (SSSR count). The van der Waals surface area contributed by atoms with Crippen LogP contribution < -0.4 is 10.2 Å². The summed E-state index contributed by atoms with van der Waals surface area (Å²) in [7, 11) is 0. The first kappa shape index (κ1) is 20.8. The van der Waals surface area contributed by atoms with Gasteiger partial charge >= 0.3 is 0 Å². The van der Waals surface area contributed by atoms with Gasteiger partial charge in [-0.25, -0.2) is 5.01 Å². The highest BCUT2D eigenvalue weighted by molar-refractivity contribution is 9.10. The maximum atomic E-state index is 13.1. The number of fused-ring (bicyclic) bond motifs is 3. The number of carbonyl (C=O) groups is 2. The van der Waals surface area contributed by atoms with E-state index < -0.39 is 12.2 Å². The van der Waals surface area contributed by atoms with Gasteiger partial charge in [-0.05, 0) is 36.6 Å². The predicted octanol–water partition coefficient (Wildman–Crippen LogP) is 4.88. The molecule has 0 aliphatic carbocycles. The van der Waals surface area contributed by atoms with Gasteiger partial charge in [0.05, 0.1) is 5.69 Å². The van der Waals surface area contributed by atoms with Crippen molar-refractivity contribution in [1.82, 2.24) is 10.3 Å². The van der Waals surface area contributed by atoms with E-state index in [0.29, 0.717) is 22.4 Å². The molecule has 32 heavy (non-hydrogen) atoms. The molecule has 0 spiro atoms. The Morgan fingerprint density at radius 2 is 1.88 bits per heavy atom. The highest BCUT2D eigenvalue weighted by atomic mass is 79.9. The van der Waals surface area contributed by atoms with Gasteiger partial charge in [-0.15, -0.1) is 5.10 Å². The van der Waals surface area contributed by atoms with E-state index in [1.165, 1.54) is 18.7 Å². The summed E-state index contributed by atoms with van der Waals surface area (Å²) < 4.78 is 7.21. The number of nitrogens with one attached hydrogen (secondary N) is 1. The molecule has 9 heteroatoms. The van der Waals surface area contributed by atoms with Crippen LogP contribution in [0.4, 0.5) is 5.69 Å². The van der Waals surface area contributed by atoms with Gasteiger partial charge in [0, 0.05) is 22.5 Å². The molecule has 1 N–H and O–H groups in total. The fraction of sp³-hybridized carbons (Fsp3) is 0.174. The molecule has 2 aliphatic rings. The van der Waals surface area contributed by atoms with E-state index >= 15 is 0 Å². The maximum absolute atomic E-state index is 13.1. The van der Waals surface area contributed by atoms with Crippen LogP contribution in [-0.4, -0.2) is 28.2 Å².